The van der Waals surface area contributed by atoms with E-state index in [0.717, 1.165) is 31.6 Å². The molecule has 1 aromatic heterocycles. The fourth-order valence-corrected chi connectivity index (χ4v) is 1.76. The Balaban J connectivity index is 2.10. The molecule has 1 aliphatic rings. The molecule has 2 rings (SSSR count). The predicted molar refractivity (Wildman–Crippen MR) is 50.7 cm³/mol. The Morgan fingerprint density at radius 1 is 1.31 bits per heavy atom. The number of piperidine rings is 1. The van der Waals surface area contributed by atoms with E-state index in [2.05, 4.69) is 10.3 Å². The summed E-state index contributed by atoms with van der Waals surface area (Å²) in [6.45, 7) is 2.15. The van der Waals surface area contributed by atoms with Crippen molar-refractivity contribution < 1.29 is 5.11 Å². The van der Waals surface area contributed by atoms with Crippen molar-refractivity contribution in [1.29, 1.82) is 0 Å². The van der Waals surface area contributed by atoms with Gasteiger partial charge in [0, 0.05) is 11.6 Å². The molecule has 70 valence electrons. The van der Waals surface area contributed by atoms with E-state index in [9.17, 15) is 0 Å². The lowest BCUT2D eigenvalue weighted by atomic mass is 9.94. The molecule has 0 saturated carbocycles. The Morgan fingerprint density at radius 2 is 2.08 bits per heavy atom. The first kappa shape index (κ1) is 8.51. The lowest BCUT2D eigenvalue weighted by Gasteiger charge is -2.21. The smallest absolute Gasteiger partial charge is 0.133 e. The highest BCUT2D eigenvalue weighted by molar-refractivity contribution is 5.20. The maximum atomic E-state index is 9.08. The lowest BCUT2D eigenvalue weighted by Crippen LogP contribution is -2.26. The van der Waals surface area contributed by atoms with Crippen LogP contribution in [-0.4, -0.2) is 23.2 Å². The van der Waals surface area contributed by atoms with Crippen LogP contribution in [0.15, 0.2) is 18.3 Å². The molecule has 1 fully saturated rings. The summed E-state index contributed by atoms with van der Waals surface area (Å²) in [5, 5.41) is 12.4. The zero-order valence-electron chi connectivity index (χ0n) is 7.53. The molecule has 0 aliphatic carbocycles. The molecule has 1 aliphatic heterocycles. The van der Waals surface area contributed by atoms with E-state index in [1.54, 1.807) is 6.07 Å². The van der Waals surface area contributed by atoms with E-state index >= 15 is 0 Å². The van der Waals surface area contributed by atoms with Gasteiger partial charge in [-0.05, 0) is 38.1 Å². The number of hydrogen-bond donors (Lipinski definition) is 2. The monoisotopic (exact) mass is 178 g/mol. The van der Waals surface area contributed by atoms with Crippen LogP contribution < -0.4 is 5.32 Å². The molecule has 2 N–H and O–H groups in total. The van der Waals surface area contributed by atoms with Crippen molar-refractivity contribution in [3.05, 3.63) is 24.0 Å². The summed E-state index contributed by atoms with van der Waals surface area (Å²) in [4.78, 5) is 4.22. The number of nitrogens with zero attached hydrogens (tertiary/aromatic N) is 1. The van der Waals surface area contributed by atoms with Crippen molar-refractivity contribution in [2.24, 2.45) is 0 Å². The van der Waals surface area contributed by atoms with Crippen LogP contribution in [0.1, 0.15) is 24.5 Å². The molecular formula is C10H14N2O. The van der Waals surface area contributed by atoms with Crippen molar-refractivity contribution in [2.45, 2.75) is 18.8 Å². The van der Waals surface area contributed by atoms with Crippen LogP contribution in [0.5, 0.6) is 5.75 Å². The summed E-state index contributed by atoms with van der Waals surface area (Å²) in [5.74, 6) is 0.819. The topological polar surface area (TPSA) is 45.1 Å². The quantitative estimate of drug-likeness (QED) is 0.680. The summed E-state index contributed by atoms with van der Waals surface area (Å²) >= 11 is 0. The first-order chi connectivity index (χ1) is 6.36. The fraction of sp³-hybridized carbons (Fsp3) is 0.500. The number of pyridine rings is 1. The number of aromatic nitrogens is 1. The molecule has 0 atom stereocenters. The molecular weight excluding hydrogens is 164 g/mol. The Bertz CT molecular complexity index is 265. The average Bonchev–Trinajstić information content (AvgIpc) is 2.20. The van der Waals surface area contributed by atoms with Gasteiger partial charge in [0.1, 0.15) is 5.75 Å². The molecule has 0 spiro atoms. The van der Waals surface area contributed by atoms with E-state index in [0.29, 0.717) is 5.92 Å². The van der Waals surface area contributed by atoms with Crippen LogP contribution >= 0.6 is 0 Å². The third-order valence-electron chi connectivity index (χ3n) is 2.53. The van der Waals surface area contributed by atoms with Gasteiger partial charge in [-0.1, -0.05) is 0 Å². The molecule has 13 heavy (non-hydrogen) atoms. The third kappa shape index (κ3) is 1.98. The lowest BCUT2D eigenvalue weighted by molar-refractivity contribution is 0.447. The van der Waals surface area contributed by atoms with E-state index < -0.39 is 0 Å². The first-order valence-corrected chi connectivity index (χ1v) is 4.72. The van der Waals surface area contributed by atoms with Crippen LogP contribution in [0.4, 0.5) is 0 Å². The summed E-state index contributed by atoms with van der Waals surface area (Å²) in [5.41, 5.74) is 1.11. The fourth-order valence-electron chi connectivity index (χ4n) is 1.76. The van der Waals surface area contributed by atoms with Crippen molar-refractivity contribution in [1.82, 2.24) is 10.3 Å². The maximum absolute atomic E-state index is 9.08. The summed E-state index contributed by atoms with van der Waals surface area (Å²) in [6.07, 6.45) is 3.83. The summed E-state index contributed by atoms with van der Waals surface area (Å²) in [6, 6.07) is 3.63. The molecule has 3 nitrogen and oxygen atoms in total. The van der Waals surface area contributed by atoms with Gasteiger partial charge >= 0.3 is 0 Å². The second-order valence-corrected chi connectivity index (χ2v) is 3.47. The van der Waals surface area contributed by atoms with Gasteiger partial charge in [-0.2, -0.15) is 0 Å². The molecule has 1 saturated heterocycles. The zero-order valence-corrected chi connectivity index (χ0v) is 7.53. The van der Waals surface area contributed by atoms with Crippen LogP contribution in [0.2, 0.25) is 0 Å². The highest BCUT2D eigenvalue weighted by Crippen LogP contribution is 2.23. The van der Waals surface area contributed by atoms with Gasteiger partial charge in [0.05, 0.1) is 6.20 Å². The summed E-state index contributed by atoms with van der Waals surface area (Å²) in [7, 11) is 0. The van der Waals surface area contributed by atoms with Crippen LogP contribution in [0.25, 0.3) is 0 Å². The minimum Gasteiger partial charge on any atom is -0.506 e. The van der Waals surface area contributed by atoms with Gasteiger partial charge in [0.25, 0.3) is 0 Å². The van der Waals surface area contributed by atoms with Crippen molar-refractivity contribution in [2.75, 3.05) is 13.1 Å². The van der Waals surface area contributed by atoms with Gasteiger partial charge in [-0.3, -0.25) is 4.98 Å². The van der Waals surface area contributed by atoms with Gasteiger partial charge in [-0.25, -0.2) is 0 Å². The van der Waals surface area contributed by atoms with Crippen molar-refractivity contribution in [3.8, 4) is 5.75 Å². The minimum absolute atomic E-state index is 0.248. The predicted octanol–water partition coefficient (Wildman–Crippen LogP) is 1.25. The minimum atomic E-state index is 0.248. The Hall–Kier alpha value is -1.09. The standard InChI is InChI=1S/C10H14N2O/c13-9-1-2-10(12-7-9)8-3-5-11-6-4-8/h1-2,7-8,11,13H,3-6H2. The molecule has 0 aromatic carbocycles. The summed E-state index contributed by atoms with van der Waals surface area (Å²) < 4.78 is 0. The van der Waals surface area contributed by atoms with Crippen molar-refractivity contribution >= 4 is 0 Å². The van der Waals surface area contributed by atoms with Crippen molar-refractivity contribution in [3.63, 3.8) is 0 Å². The molecule has 2 heterocycles. The number of nitrogens with one attached hydrogen (secondary N) is 1. The van der Waals surface area contributed by atoms with Gasteiger partial charge in [0.2, 0.25) is 0 Å². The zero-order chi connectivity index (χ0) is 9.10. The normalized spacial score (nSPS) is 18.8. The Labute approximate surface area is 77.8 Å². The molecule has 1 aromatic rings. The van der Waals surface area contributed by atoms with E-state index in [1.165, 1.54) is 6.20 Å². The maximum Gasteiger partial charge on any atom is 0.133 e. The SMILES string of the molecule is Oc1ccc(C2CCNCC2)nc1. The highest BCUT2D eigenvalue weighted by atomic mass is 16.3. The van der Waals surface area contributed by atoms with Crippen LogP contribution in [0.3, 0.4) is 0 Å². The molecule has 3 heteroatoms. The van der Waals surface area contributed by atoms with Crippen LogP contribution in [-0.2, 0) is 0 Å². The van der Waals surface area contributed by atoms with Gasteiger partial charge in [0.15, 0.2) is 0 Å². The average molecular weight is 178 g/mol. The molecule has 0 bridgehead atoms. The second-order valence-electron chi connectivity index (χ2n) is 3.47. The van der Waals surface area contributed by atoms with E-state index in [-0.39, 0.29) is 5.75 Å². The largest absolute Gasteiger partial charge is 0.506 e. The highest BCUT2D eigenvalue weighted by Gasteiger charge is 2.15. The van der Waals surface area contributed by atoms with E-state index in [1.807, 2.05) is 6.07 Å². The van der Waals surface area contributed by atoms with E-state index in [4.69, 9.17) is 5.11 Å². The third-order valence-corrected chi connectivity index (χ3v) is 2.53. The van der Waals surface area contributed by atoms with Crippen LogP contribution in [0, 0.1) is 0 Å². The first-order valence-electron chi connectivity index (χ1n) is 4.72. The molecule has 0 radical (unpaired) electrons. The Morgan fingerprint density at radius 3 is 2.69 bits per heavy atom. The number of hydrogen-bond acceptors (Lipinski definition) is 3. The van der Waals surface area contributed by atoms with Gasteiger partial charge < -0.3 is 10.4 Å². The molecule has 0 unspecified atom stereocenters. The van der Waals surface area contributed by atoms with Gasteiger partial charge in [-0.15, -0.1) is 0 Å². The Kier molecular flexibility index (Phi) is 2.45. The number of aromatic hydroxyl groups is 1. The second kappa shape index (κ2) is 3.75. The number of rotatable bonds is 1. The molecule has 0 amide bonds.